The highest BCUT2D eigenvalue weighted by molar-refractivity contribution is 5.33. The van der Waals surface area contributed by atoms with Crippen LogP contribution in [0.2, 0.25) is 0 Å². The van der Waals surface area contributed by atoms with E-state index in [4.69, 9.17) is 5.84 Å². The molecule has 1 aromatic rings. The number of rotatable bonds is 0. The van der Waals surface area contributed by atoms with Crippen molar-refractivity contribution in [1.82, 2.24) is 10.5 Å². The Labute approximate surface area is 64.4 Å². The lowest BCUT2D eigenvalue weighted by Gasteiger charge is -2.15. The molecular formula is C8H8N3. The van der Waals surface area contributed by atoms with Gasteiger partial charge in [0.2, 0.25) is 0 Å². The van der Waals surface area contributed by atoms with Gasteiger partial charge in [-0.2, -0.15) is 0 Å². The average molecular weight is 146 g/mol. The van der Waals surface area contributed by atoms with E-state index in [1.807, 2.05) is 30.6 Å². The zero-order valence-corrected chi connectivity index (χ0v) is 5.91. The number of nitrogens with zero attached hydrogens (tertiary/aromatic N) is 1. The molecule has 1 aliphatic rings. The summed E-state index contributed by atoms with van der Waals surface area (Å²) < 4.78 is 0. The Morgan fingerprint density at radius 3 is 3.27 bits per heavy atom. The van der Waals surface area contributed by atoms with Crippen LogP contribution < -0.4 is 21.7 Å². The predicted octanol–water partition coefficient (Wildman–Crippen LogP) is -1.34. The van der Waals surface area contributed by atoms with Gasteiger partial charge in [-0.25, -0.2) is 11.0 Å². The van der Waals surface area contributed by atoms with Crippen LogP contribution in [0.15, 0.2) is 18.2 Å². The molecule has 0 unspecified atom stereocenters. The molecule has 0 fully saturated rings. The van der Waals surface area contributed by atoms with Crippen molar-refractivity contribution in [2.24, 2.45) is 5.84 Å². The normalized spacial score (nSPS) is 14.1. The maximum absolute atomic E-state index is 5.47. The molecule has 0 aromatic heterocycles. The monoisotopic (exact) mass is 146 g/mol. The van der Waals surface area contributed by atoms with E-state index in [9.17, 15) is 0 Å². The minimum absolute atomic E-state index is 1.08. The zero-order valence-electron chi connectivity index (χ0n) is 5.91. The zero-order chi connectivity index (χ0) is 7.68. The van der Waals surface area contributed by atoms with Gasteiger partial charge in [0.1, 0.15) is 0 Å². The van der Waals surface area contributed by atoms with Gasteiger partial charge < -0.3 is 0 Å². The molecule has 1 radical (unpaired) electrons. The molecule has 2 rings (SSSR count). The standard InChI is InChI=1S/C8H8N3/c9-11-6-8-4-2-1-3-7(8)5-10-11/h1,3-6,10H,9H2. The summed E-state index contributed by atoms with van der Waals surface area (Å²) in [6, 6.07) is 8.73. The Morgan fingerprint density at radius 1 is 1.45 bits per heavy atom. The molecule has 1 aliphatic heterocycles. The van der Waals surface area contributed by atoms with Crippen molar-refractivity contribution < 1.29 is 0 Å². The largest absolute Gasteiger partial charge is 0.291 e. The second kappa shape index (κ2) is 2.29. The molecule has 1 aromatic carbocycles. The first-order valence-corrected chi connectivity index (χ1v) is 3.34. The molecule has 55 valence electrons. The number of hydrogen-bond acceptors (Lipinski definition) is 3. The van der Waals surface area contributed by atoms with Gasteiger partial charge in [-0.1, -0.05) is 12.1 Å². The maximum Gasteiger partial charge on any atom is 0.0471 e. The van der Waals surface area contributed by atoms with Gasteiger partial charge in [0, 0.05) is 22.8 Å². The fourth-order valence-electron chi connectivity index (χ4n) is 1.03. The third-order valence-corrected chi connectivity index (χ3v) is 1.58. The number of hydrazine groups is 2. The molecule has 11 heavy (non-hydrogen) atoms. The number of benzene rings is 1. The average Bonchev–Trinajstić information content (AvgIpc) is 2.04. The number of hydrogen-bond donors (Lipinski definition) is 2. The summed E-state index contributed by atoms with van der Waals surface area (Å²) in [7, 11) is 0. The topological polar surface area (TPSA) is 41.3 Å². The van der Waals surface area contributed by atoms with Crippen LogP contribution in [0.3, 0.4) is 0 Å². The summed E-state index contributed by atoms with van der Waals surface area (Å²) in [6.07, 6.45) is 3.66. The van der Waals surface area contributed by atoms with Crippen LogP contribution in [0.25, 0.3) is 12.4 Å². The molecule has 0 saturated heterocycles. The van der Waals surface area contributed by atoms with E-state index < -0.39 is 0 Å². The van der Waals surface area contributed by atoms with Crippen molar-refractivity contribution in [1.29, 1.82) is 0 Å². The van der Waals surface area contributed by atoms with Gasteiger partial charge >= 0.3 is 0 Å². The Balaban J connectivity index is 2.73. The quantitative estimate of drug-likeness (QED) is 0.445. The van der Waals surface area contributed by atoms with Gasteiger partial charge in [-0.3, -0.25) is 5.43 Å². The summed E-state index contributed by atoms with van der Waals surface area (Å²) >= 11 is 0. The van der Waals surface area contributed by atoms with Crippen molar-refractivity contribution >= 4 is 12.4 Å². The van der Waals surface area contributed by atoms with Crippen LogP contribution in [0, 0.1) is 6.07 Å². The molecule has 0 amide bonds. The van der Waals surface area contributed by atoms with Crippen LogP contribution >= 0.6 is 0 Å². The van der Waals surface area contributed by atoms with Gasteiger partial charge in [0.25, 0.3) is 0 Å². The summed E-state index contributed by atoms with van der Waals surface area (Å²) in [5, 5.41) is 3.62. The lowest BCUT2D eigenvalue weighted by atomic mass is 10.2. The number of nitrogens with one attached hydrogen (secondary N) is 1. The summed E-state index contributed by atoms with van der Waals surface area (Å²) in [5.74, 6) is 5.47. The number of nitrogens with two attached hydrogens (primary N) is 1. The smallest absolute Gasteiger partial charge is 0.0471 e. The minimum Gasteiger partial charge on any atom is -0.291 e. The first-order valence-electron chi connectivity index (χ1n) is 3.34. The fourth-order valence-corrected chi connectivity index (χ4v) is 1.03. The lowest BCUT2D eigenvalue weighted by molar-refractivity contribution is 0.377. The summed E-state index contributed by atoms with van der Waals surface area (Å²) in [5.41, 5.74) is 2.85. The maximum atomic E-state index is 5.47. The minimum atomic E-state index is 1.08. The van der Waals surface area contributed by atoms with Crippen LogP contribution in [-0.2, 0) is 0 Å². The van der Waals surface area contributed by atoms with Crippen molar-refractivity contribution in [3.63, 3.8) is 0 Å². The van der Waals surface area contributed by atoms with E-state index in [0.29, 0.717) is 0 Å². The molecular weight excluding hydrogens is 138 g/mol. The lowest BCUT2D eigenvalue weighted by Crippen LogP contribution is -2.45. The Bertz CT molecular complexity index is 369. The van der Waals surface area contributed by atoms with Crippen LogP contribution in [0.1, 0.15) is 0 Å². The molecule has 3 N–H and O–H groups in total. The molecule has 0 saturated carbocycles. The van der Waals surface area contributed by atoms with Crippen LogP contribution in [0.4, 0.5) is 0 Å². The van der Waals surface area contributed by atoms with E-state index in [-0.39, 0.29) is 0 Å². The highest BCUT2D eigenvalue weighted by Crippen LogP contribution is 1.77. The summed E-state index contributed by atoms with van der Waals surface area (Å²) in [4.78, 5) is 0. The highest BCUT2D eigenvalue weighted by Gasteiger charge is 1.93. The molecule has 0 spiro atoms. The van der Waals surface area contributed by atoms with Gasteiger partial charge in [-0.15, -0.1) is 0 Å². The number of fused-ring (bicyclic) bond motifs is 1. The van der Waals surface area contributed by atoms with Crippen LogP contribution in [-0.4, -0.2) is 5.12 Å². The molecule has 0 aliphatic carbocycles. The molecule has 1 heterocycles. The molecule has 0 bridgehead atoms. The predicted molar refractivity (Wildman–Crippen MR) is 42.6 cm³/mol. The first kappa shape index (κ1) is 6.24. The van der Waals surface area contributed by atoms with Crippen LogP contribution in [0.5, 0.6) is 0 Å². The van der Waals surface area contributed by atoms with E-state index in [1.54, 1.807) is 0 Å². The summed E-state index contributed by atoms with van der Waals surface area (Å²) in [6.45, 7) is 0. The highest BCUT2D eigenvalue weighted by atomic mass is 15.6. The first-order chi connectivity index (χ1) is 5.36. The van der Waals surface area contributed by atoms with E-state index in [2.05, 4.69) is 11.5 Å². The molecule has 3 nitrogen and oxygen atoms in total. The molecule has 3 heteroatoms. The van der Waals surface area contributed by atoms with Gasteiger partial charge in [0.05, 0.1) is 0 Å². The molecule has 0 atom stereocenters. The third kappa shape index (κ3) is 1.06. The Hall–Kier alpha value is -1.48. The van der Waals surface area contributed by atoms with Crippen molar-refractivity contribution in [3.8, 4) is 0 Å². The Morgan fingerprint density at radius 2 is 2.36 bits per heavy atom. The second-order valence-electron chi connectivity index (χ2n) is 2.36. The SMILES string of the molecule is NN1C=c2c[c]ccc2=CN1. The van der Waals surface area contributed by atoms with E-state index >= 15 is 0 Å². The Kier molecular flexibility index (Phi) is 1.30. The van der Waals surface area contributed by atoms with Crippen molar-refractivity contribution in [2.75, 3.05) is 0 Å². The van der Waals surface area contributed by atoms with Crippen molar-refractivity contribution in [2.45, 2.75) is 0 Å². The van der Waals surface area contributed by atoms with Gasteiger partial charge in [-0.05, 0) is 12.1 Å². The van der Waals surface area contributed by atoms with Gasteiger partial charge in [0.15, 0.2) is 0 Å². The second-order valence-corrected chi connectivity index (χ2v) is 2.36. The fraction of sp³-hybridized carbons (Fsp3) is 0. The van der Waals surface area contributed by atoms with E-state index in [1.165, 1.54) is 5.12 Å². The van der Waals surface area contributed by atoms with Crippen molar-refractivity contribution in [3.05, 3.63) is 34.7 Å². The van der Waals surface area contributed by atoms with E-state index in [0.717, 1.165) is 10.4 Å². The third-order valence-electron chi connectivity index (χ3n) is 1.58.